The molecule has 0 amide bonds. The van der Waals surface area contributed by atoms with Crippen LogP contribution in [0.3, 0.4) is 0 Å². The fourth-order valence-electron chi connectivity index (χ4n) is 2.13. The number of phenolic OH excluding ortho intramolecular Hbond substituents is 1. The molecule has 0 unspecified atom stereocenters. The Balaban J connectivity index is 1.94. The van der Waals surface area contributed by atoms with Crippen LogP contribution in [0.1, 0.15) is 18.1 Å². The first-order valence-electron chi connectivity index (χ1n) is 7.02. The second-order valence-electron chi connectivity index (χ2n) is 4.65. The van der Waals surface area contributed by atoms with Crippen molar-refractivity contribution in [3.05, 3.63) is 53.6 Å². The first kappa shape index (κ1) is 15.2. The van der Waals surface area contributed by atoms with Crippen molar-refractivity contribution in [1.29, 1.82) is 0 Å². The molecular formula is C17H21NO3. The Bertz CT molecular complexity index is 584. The molecule has 0 saturated carbocycles. The van der Waals surface area contributed by atoms with Gasteiger partial charge >= 0.3 is 0 Å². The summed E-state index contributed by atoms with van der Waals surface area (Å²) < 4.78 is 10.6. The molecule has 2 aromatic rings. The summed E-state index contributed by atoms with van der Waals surface area (Å²) in [5.41, 5.74) is 1.96. The van der Waals surface area contributed by atoms with Gasteiger partial charge in [0.1, 0.15) is 5.75 Å². The van der Waals surface area contributed by atoms with Gasteiger partial charge in [0.05, 0.1) is 13.7 Å². The lowest BCUT2D eigenvalue weighted by molar-refractivity contribution is 0.340. The van der Waals surface area contributed by atoms with Crippen LogP contribution in [0.5, 0.6) is 17.2 Å². The van der Waals surface area contributed by atoms with Crippen LogP contribution in [0.25, 0.3) is 0 Å². The number of para-hydroxylation sites is 1. The second kappa shape index (κ2) is 7.55. The van der Waals surface area contributed by atoms with Crippen LogP contribution >= 0.6 is 0 Å². The van der Waals surface area contributed by atoms with Crippen LogP contribution < -0.4 is 14.8 Å². The summed E-state index contributed by atoms with van der Waals surface area (Å²) in [6, 6.07) is 13.5. The van der Waals surface area contributed by atoms with Gasteiger partial charge in [-0.3, -0.25) is 0 Å². The molecule has 0 aliphatic rings. The molecule has 0 aliphatic heterocycles. The lowest BCUT2D eigenvalue weighted by Gasteiger charge is -2.10. The van der Waals surface area contributed by atoms with E-state index in [1.807, 2.05) is 43.3 Å². The highest BCUT2D eigenvalue weighted by atomic mass is 16.5. The second-order valence-corrected chi connectivity index (χ2v) is 4.65. The third kappa shape index (κ3) is 4.13. The van der Waals surface area contributed by atoms with Gasteiger partial charge in [-0.05, 0) is 30.7 Å². The van der Waals surface area contributed by atoms with E-state index in [1.54, 1.807) is 13.2 Å². The Kier molecular flexibility index (Phi) is 5.46. The van der Waals surface area contributed by atoms with Gasteiger partial charge in [-0.2, -0.15) is 0 Å². The normalized spacial score (nSPS) is 10.4. The molecule has 0 spiro atoms. The van der Waals surface area contributed by atoms with Crippen LogP contribution in [-0.2, 0) is 13.1 Å². The predicted octanol–water partition coefficient (Wildman–Crippen LogP) is 3.09. The lowest BCUT2D eigenvalue weighted by atomic mass is 10.1. The number of ether oxygens (including phenoxy) is 2. The highest BCUT2D eigenvalue weighted by Gasteiger charge is 2.06. The van der Waals surface area contributed by atoms with Gasteiger partial charge < -0.3 is 19.9 Å². The van der Waals surface area contributed by atoms with Crippen molar-refractivity contribution in [3.8, 4) is 17.2 Å². The van der Waals surface area contributed by atoms with Gasteiger partial charge in [-0.25, -0.2) is 0 Å². The summed E-state index contributed by atoms with van der Waals surface area (Å²) in [5, 5.41) is 13.3. The zero-order valence-corrected chi connectivity index (χ0v) is 12.4. The summed E-state index contributed by atoms with van der Waals surface area (Å²) in [6.07, 6.45) is 0. The minimum atomic E-state index is 0.190. The molecule has 0 saturated heterocycles. The van der Waals surface area contributed by atoms with Crippen molar-refractivity contribution in [2.45, 2.75) is 20.0 Å². The molecular weight excluding hydrogens is 266 g/mol. The maximum absolute atomic E-state index is 10.0. The number of rotatable bonds is 7. The van der Waals surface area contributed by atoms with Crippen LogP contribution in [-0.4, -0.2) is 18.8 Å². The number of hydrogen-bond acceptors (Lipinski definition) is 4. The minimum absolute atomic E-state index is 0.190. The van der Waals surface area contributed by atoms with Gasteiger partial charge in [0.2, 0.25) is 0 Å². The van der Waals surface area contributed by atoms with Crippen LogP contribution in [0.4, 0.5) is 0 Å². The molecule has 0 radical (unpaired) electrons. The van der Waals surface area contributed by atoms with Crippen molar-refractivity contribution < 1.29 is 14.6 Å². The van der Waals surface area contributed by atoms with E-state index >= 15 is 0 Å². The van der Waals surface area contributed by atoms with E-state index in [0.717, 1.165) is 16.9 Å². The third-order valence-electron chi connectivity index (χ3n) is 3.16. The minimum Gasteiger partial charge on any atom is -0.504 e. The molecule has 21 heavy (non-hydrogen) atoms. The third-order valence-corrected chi connectivity index (χ3v) is 3.16. The Hall–Kier alpha value is -2.20. The maximum Gasteiger partial charge on any atom is 0.162 e. The number of aromatic hydroxyl groups is 1. The fourth-order valence-corrected chi connectivity index (χ4v) is 2.13. The average molecular weight is 287 g/mol. The molecule has 0 aromatic heterocycles. The fraction of sp³-hybridized carbons (Fsp3) is 0.294. The molecule has 2 N–H and O–H groups in total. The number of methoxy groups -OCH3 is 1. The van der Waals surface area contributed by atoms with E-state index in [4.69, 9.17) is 9.47 Å². The van der Waals surface area contributed by atoms with Crippen molar-refractivity contribution in [3.63, 3.8) is 0 Å². The van der Waals surface area contributed by atoms with Gasteiger partial charge in [0.25, 0.3) is 0 Å². The van der Waals surface area contributed by atoms with E-state index < -0.39 is 0 Å². The Morgan fingerprint density at radius 3 is 2.67 bits per heavy atom. The van der Waals surface area contributed by atoms with Crippen LogP contribution in [0.15, 0.2) is 42.5 Å². The van der Waals surface area contributed by atoms with Crippen molar-refractivity contribution in [2.24, 2.45) is 0 Å². The molecule has 0 heterocycles. The van der Waals surface area contributed by atoms with E-state index in [9.17, 15) is 5.11 Å². The molecule has 112 valence electrons. The summed E-state index contributed by atoms with van der Waals surface area (Å²) in [7, 11) is 1.55. The smallest absolute Gasteiger partial charge is 0.162 e. The van der Waals surface area contributed by atoms with E-state index in [2.05, 4.69) is 5.32 Å². The molecule has 2 rings (SSSR count). The Morgan fingerprint density at radius 2 is 1.90 bits per heavy atom. The largest absolute Gasteiger partial charge is 0.504 e. The topological polar surface area (TPSA) is 50.7 Å². The van der Waals surface area contributed by atoms with Crippen LogP contribution in [0, 0.1) is 0 Å². The zero-order valence-electron chi connectivity index (χ0n) is 12.4. The number of nitrogens with one attached hydrogen (secondary N) is 1. The highest BCUT2D eigenvalue weighted by molar-refractivity contribution is 5.45. The predicted molar refractivity (Wildman–Crippen MR) is 82.8 cm³/mol. The first-order chi connectivity index (χ1) is 10.2. The monoisotopic (exact) mass is 287 g/mol. The average Bonchev–Trinajstić information content (AvgIpc) is 2.50. The Labute approximate surface area is 125 Å². The van der Waals surface area contributed by atoms with Gasteiger partial charge in [-0.1, -0.05) is 24.3 Å². The summed E-state index contributed by atoms with van der Waals surface area (Å²) in [5.74, 6) is 1.56. The van der Waals surface area contributed by atoms with Gasteiger partial charge in [-0.15, -0.1) is 0 Å². The van der Waals surface area contributed by atoms with Crippen molar-refractivity contribution in [2.75, 3.05) is 13.7 Å². The van der Waals surface area contributed by atoms with Gasteiger partial charge in [0.15, 0.2) is 11.5 Å². The highest BCUT2D eigenvalue weighted by Crippen LogP contribution is 2.29. The quantitative estimate of drug-likeness (QED) is 0.821. The molecule has 4 heteroatoms. The molecule has 0 aliphatic carbocycles. The zero-order chi connectivity index (χ0) is 15.1. The Morgan fingerprint density at radius 1 is 1.10 bits per heavy atom. The van der Waals surface area contributed by atoms with E-state index in [-0.39, 0.29) is 5.75 Å². The molecule has 0 fully saturated rings. The molecule has 4 nitrogen and oxygen atoms in total. The van der Waals surface area contributed by atoms with Crippen molar-refractivity contribution in [1.82, 2.24) is 5.32 Å². The SMILES string of the molecule is CCOc1cccc(CNCc2cccc(OC)c2O)c1. The standard InChI is InChI=1S/C17H21NO3/c1-3-21-15-8-4-6-13(10-15)11-18-12-14-7-5-9-16(20-2)17(14)19/h4-10,18-19H,3,11-12H2,1-2H3. The van der Waals surface area contributed by atoms with Crippen molar-refractivity contribution >= 4 is 0 Å². The number of hydrogen-bond donors (Lipinski definition) is 2. The summed E-state index contributed by atoms with van der Waals surface area (Å²) >= 11 is 0. The maximum atomic E-state index is 10.0. The van der Waals surface area contributed by atoms with Gasteiger partial charge in [0, 0.05) is 18.7 Å². The molecule has 0 bridgehead atoms. The molecule has 0 atom stereocenters. The number of benzene rings is 2. The van der Waals surface area contributed by atoms with E-state index in [0.29, 0.717) is 25.4 Å². The number of phenols is 1. The summed E-state index contributed by atoms with van der Waals surface area (Å²) in [4.78, 5) is 0. The first-order valence-corrected chi connectivity index (χ1v) is 7.02. The summed E-state index contributed by atoms with van der Waals surface area (Å²) in [6.45, 7) is 3.91. The van der Waals surface area contributed by atoms with Crippen LogP contribution in [0.2, 0.25) is 0 Å². The lowest BCUT2D eigenvalue weighted by Crippen LogP contribution is -2.13. The van der Waals surface area contributed by atoms with E-state index in [1.165, 1.54) is 0 Å². The molecule has 2 aromatic carbocycles.